The number of alkyl halides is 1. The molecule has 2 nitrogen and oxygen atoms in total. The Morgan fingerprint density at radius 2 is 2.17 bits per heavy atom. The van der Waals surface area contributed by atoms with Crippen LogP contribution in [0.2, 0.25) is 0 Å². The summed E-state index contributed by atoms with van der Waals surface area (Å²) in [6.45, 7) is 3.37. The fourth-order valence-corrected chi connectivity index (χ4v) is 0.884. The molecule has 12 heavy (non-hydrogen) atoms. The Labute approximate surface area is 71.4 Å². The smallest absolute Gasteiger partial charge is 0.216 e. The molecule has 0 N–H and O–H groups in total. The highest BCUT2D eigenvalue weighted by molar-refractivity contribution is 5.26. The van der Waals surface area contributed by atoms with Crippen LogP contribution >= 0.6 is 0 Å². The van der Waals surface area contributed by atoms with Gasteiger partial charge in [-0.25, -0.2) is 9.37 Å². The van der Waals surface area contributed by atoms with E-state index in [2.05, 4.69) is 4.98 Å². The van der Waals surface area contributed by atoms with Crippen molar-refractivity contribution in [3.05, 3.63) is 23.4 Å². The third-order valence-electron chi connectivity index (χ3n) is 1.51. The minimum atomic E-state index is -0.477. The normalized spacial score (nSPS) is 9.92. The van der Waals surface area contributed by atoms with Crippen LogP contribution in [0.25, 0.3) is 0 Å². The second-order valence-electron chi connectivity index (χ2n) is 2.61. The molecule has 1 aromatic heterocycles. The maximum Gasteiger partial charge on any atom is 0.216 e. The molecule has 0 atom stereocenters. The quantitative estimate of drug-likeness (QED) is 0.690. The molecule has 66 valence electrons. The zero-order chi connectivity index (χ0) is 8.97. The largest absolute Gasteiger partial charge is 0.475 e. The zero-order valence-electron chi connectivity index (χ0n) is 7.30. The first-order valence-corrected chi connectivity index (χ1v) is 3.87. The lowest BCUT2D eigenvalue weighted by atomic mass is 10.3. The number of hydrogen-bond donors (Lipinski definition) is 0. The summed E-state index contributed by atoms with van der Waals surface area (Å²) in [4.78, 5) is 4.12. The average molecular weight is 169 g/mol. The van der Waals surface area contributed by atoms with Crippen molar-refractivity contribution >= 4 is 0 Å². The van der Waals surface area contributed by atoms with Gasteiger partial charge in [-0.1, -0.05) is 6.07 Å². The summed E-state index contributed by atoms with van der Waals surface area (Å²) in [5.41, 5.74) is 1.82. The van der Waals surface area contributed by atoms with Gasteiger partial charge in [0.25, 0.3) is 0 Å². The molecule has 0 spiro atoms. The van der Waals surface area contributed by atoms with E-state index < -0.39 is 6.67 Å². The molecule has 1 rings (SSSR count). The van der Waals surface area contributed by atoms with E-state index in [9.17, 15) is 4.39 Å². The van der Waals surface area contributed by atoms with Crippen LogP contribution in [-0.2, 0) is 0 Å². The fourth-order valence-electron chi connectivity index (χ4n) is 0.884. The molecule has 0 saturated carbocycles. The molecule has 3 heteroatoms. The van der Waals surface area contributed by atoms with Gasteiger partial charge in [0.15, 0.2) is 0 Å². The summed E-state index contributed by atoms with van der Waals surface area (Å²) in [6.07, 6.45) is 0. The van der Waals surface area contributed by atoms with E-state index in [4.69, 9.17) is 4.74 Å². The topological polar surface area (TPSA) is 22.1 Å². The molecule has 0 bridgehead atoms. The minimum absolute atomic E-state index is 0.0806. The Morgan fingerprint density at radius 1 is 1.42 bits per heavy atom. The van der Waals surface area contributed by atoms with E-state index in [0.717, 1.165) is 11.3 Å². The number of nitrogens with zero attached hydrogens (tertiary/aromatic N) is 1. The molecular formula is C9H12FNO. The van der Waals surface area contributed by atoms with Gasteiger partial charge >= 0.3 is 0 Å². The van der Waals surface area contributed by atoms with Gasteiger partial charge in [-0.3, -0.25) is 0 Å². The fraction of sp³-hybridized carbons (Fsp3) is 0.444. The van der Waals surface area contributed by atoms with E-state index >= 15 is 0 Å². The molecule has 0 aliphatic carbocycles. The number of aromatic nitrogens is 1. The van der Waals surface area contributed by atoms with Crippen molar-refractivity contribution < 1.29 is 9.13 Å². The van der Waals surface area contributed by atoms with Gasteiger partial charge in [-0.2, -0.15) is 0 Å². The molecule has 0 aliphatic heterocycles. The first kappa shape index (κ1) is 8.97. The standard InChI is InChI=1S/C9H12FNO/c1-7-3-4-8(2)11-9(7)12-6-5-10/h3-4H,5-6H2,1-2H3. The molecule has 0 aliphatic rings. The molecular weight excluding hydrogens is 157 g/mol. The van der Waals surface area contributed by atoms with E-state index in [1.165, 1.54) is 0 Å². The lowest BCUT2D eigenvalue weighted by molar-refractivity contribution is 0.262. The molecule has 0 fully saturated rings. The Bertz CT molecular complexity index is 263. The van der Waals surface area contributed by atoms with Crippen LogP contribution in [0.4, 0.5) is 4.39 Å². The molecule has 0 aromatic carbocycles. The van der Waals surface area contributed by atoms with E-state index in [1.54, 1.807) is 0 Å². The molecule has 1 heterocycles. The highest BCUT2D eigenvalue weighted by atomic mass is 19.1. The highest BCUT2D eigenvalue weighted by Gasteiger charge is 2.00. The Balaban J connectivity index is 2.75. The van der Waals surface area contributed by atoms with Crippen LogP contribution in [0.5, 0.6) is 5.88 Å². The number of rotatable bonds is 3. The van der Waals surface area contributed by atoms with Gasteiger partial charge in [0.2, 0.25) is 5.88 Å². The number of aryl methyl sites for hydroxylation is 2. The summed E-state index contributed by atoms with van der Waals surface area (Å²) >= 11 is 0. The Kier molecular flexibility index (Phi) is 3.02. The molecule has 0 saturated heterocycles. The minimum Gasteiger partial charge on any atom is -0.475 e. The zero-order valence-corrected chi connectivity index (χ0v) is 7.30. The van der Waals surface area contributed by atoms with Crippen molar-refractivity contribution in [1.29, 1.82) is 0 Å². The molecule has 1 aromatic rings. The molecule has 0 radical (unpaired) electrons. The van der Waals surface area contributed by atoms with Crippen LogP contribution < -0.4 is 4.74 Å². The number of hydrogen-bond acceptors (Lipinski definition) is 2. The van der Waals surface area contributed by atoms with Crippen molar-refractivity contribution in [1.82, 2.24) is 4.98 Å². The van der Waals surface area contributed by atoms with Gasteiger partial charge < -0.3 is 4.74 Å². The number of halogens is 1. The monoisotopic (exact) mass is 169 g/mol. The predicted octanol–water partition coefficient (Wildman–Crippen LogP) is 2.05. The van der Waals surface area contributed by atoms with Gasteiger partial charge in [-0.05, 0) is 19.9 Å². The van der Waals surface area contributed by atoms with E-state index in [0.29, 0.717) is 5.88 Å². The van der Waals surface area contributed by atoms with E-state index in [-0.39, 0.29) is 6.61 Å². The summed E-state index contributed by atoms with van der Waals surface area (Å²) < 4.78 is 16.8. The van der Waals surface area contributed by atoms with Crippen LogP contribution in [0.1, 0.15) is 11.3 Å². The van der Waals surface area contributed by atoms with Crippen LogP contribution in [0.3, 0.4) is 0 Å². The van der Waals surface area contributed by atoms with Gasteiger partial charge in [0.05, 0.1) is 0 Å². The van der Waals surface area contributed by atoms with Crippen LogP contribution in [0.15, 0.2) is 12.1 Å². The number of ether oxygens (including phenoxy) is 1. The Hall–Kier alpha value is -1.12. The summed E-state index contributed by atoms with van der Waals surface area (Å²) in [5, 5.41) is 0. The van der Waals surface area contributed by atoms with Gasteiger partial charge in [0, 0.05) is 11.3 Å². The number of pyridine rings is 1. The predicted molar refractivity (Wildman–Crippen MR) is 45.2 cm³/mol. The van der Waals surface area contributed by atoms with Crippen molar-refractivity contribution in [2.75, 3.05) is 13.3 Å². The van der Waals surface area contributed by atoms with E-state index in [1.807, 2.05) is 26.0 Å². The summed E-state index contributed by atoms with van der Waals surface area (Å²) in [7, 11) is 0. The highest BCUT2D eigenvalue weighted by Crippen LogP contribution is 2.13. The van der Waals surface area contributed by atoms with Crippen LogP contribution in [0, 0.1) is 13.8 Å². The third-order valence-corrected chi connectivity index (χ3v) is 1.51. The van der Waals surface area contributed by atoms with Gasteiger partial charge in [-0.15, -0.1) is 0 Å². The van der Waals surface area contributed by atoms with Crippen molar-refractivity contribution in [3.63, 3.8) is 0 Å². The maximum absolute atomic E-state index is 11.8. The SMILES string of the molecule is Cc1ccc(C)c(OCCF)n1. The molecule has 0 unspecified atom stereocenters. The lowest BCUT2D eigenvalue weighted by Crippen LogP contribution is -2.02. The van der Waals surface area contributed by atoms with Crippen molar-refractivity contribution in [3.8, 4) is 5.88 Å². The maximum atomic E-state index is 11.8. The Morgan fingerprint density at radius 3 is 2.83 bits per heavy atom. The molecule has 0 amide bonds. The summed E-state index contributed by atoms with van der Waals surface area (Å²) in [6, 6.07) is 3.81. The van der Waals surface area contributed by atoms with Gasteiger partial charge in [0.1, 0.15) is 13.3 Å². The second-order valence-corrected chi connectivity index (χ2v) is 2.61. The third kappa shape index (κ3) is 2.19. The first-order valence-electron chi connectivity index (χ1n) is 3.87. The first-order chi connectivity index (χ1) is 5.74. The second kappa shape index (κ2) is 4.04. The summed E-state index contributed by atoms with van der Waals surface area (Å²) in [5.74, 6) is 0.535. The van der Waals surface area contributed by atoms with Crippen LogP contribution in [-0.4, -0.2) is 18.3 Å². The average Bonchev–Trinajstić information content (AvgIpc) is 2.07. The van der Waals surface area contributed by atoms with Crippen molar-refractivity contribution in [2.24, 2.45) is 0 Å². The van der Waals surface area contributed by atoms with Crippen molar-refractivity contribution in [2.45, 2.75) is 13.8 Å². The lowest BCUT2D eigenvalue weighted by Gasteiger charge is -2.05.